The van der Waals surface area contributed by atoms with E-state index in [2.05, 4.69) is 15.5 Å². The molecule has 0 fully saturated rings. The number of H-pyrrole nitrogens is 1. The number of nitrogens with one attached hydrogen (secondary N) is 2. The lowest BCUT2D eigenvalue weighted by atomic mass is 10.2. The highest BCUT2D eigenvalue weighted by molar-refractivity contribution is 7.16. The highest BCUT2D eigenvalue weighted by Gasteiger charge is 2.18. The van der Waals surface area contributed by atoms with Crippen molar-refractivity contribution in [2.45, 2.75) is 39.5 Å². The third-order valence-corrected chi connectivity index (χ3v) is 4.91. The molecule has 0 aliphatic carbocycles. The lowest BCUT2D eigenvalue weighted by molar-refractivity contribution is -0.155. The predicted molar refractivity (Wildman–Crippen MR) is 111 cm³/mol. The zero-order valence-corrected chi connectivity index (χ0v) is 17.4. The fourth-order valence-corrected chi connectivity index (χ4v) is 3.58. The number of thiophene rings is 1. The molecule has 0 saturated heterocycles. The van der Waals surface area contributed by atoms with Crippen LogP contribution >= 0.6 is 22.9 Å². The Morgan fingerprint density at radius 1 is 1.36 bits per heavy atom. The van der Waals surface area contributed by atoms with Gasteiger partial charge in [0.05, 0.1) is 22.1 Å². The molecular formula is C19H21ClN4O3S. The lowest BCUT2D eigenvalue weighted by Crippen LogP contribution is -2.30. The molecular weight excluding hydrogens is 400 g/mol. The maximum absolute atomic E-state index is 12.7. The highest BCUT2D eigenvalue weighted by atomic mass is 35.5. The molecule has 0 atom stereocenters. The second kappa shape index (κ2) is 8.20. The Labute approximate surface area is 171 Å². The van der Waals surface area contributed by atoms with E-state index in [1.807, 2.05) is 12.1 Å². The van der Waals surface area contributed by atoms with Crippen molar-refractivity contribution in [2.75, 3.05) is 5.32 Å². The minimum Gasteiger partial charge on any atom is -0.459 e. The van der Waals surface area contributed by atoms with E-state index in [4.69, 9.17) is 16.3 Å². The van der Waals surface area contributed by atoms with Gasteiger partial charge in [-0.3, -0.25) is 14.7 Å². The van der Waals surface area contributed by atoms with Crippen LogP contribution in [0, 0.1) is 0 Å². The summed E-state index contributed by atoms with van der Waals surface area (Å²) in [7, 11) is 0. The summed E-state index contributed by atoms with van der Waals surface area (Å²) in [5.74, 6) is 0.215. The molecule has 0 spiro atoms. The molecule has 0 amide bonds. The topological polar surface area (TPSA) is 89.0 Å². The Morgan fingerprint density at radius 2 is 2.14 bits per heavy atom. The third kappa shape index (κ3) is 5.24. The van der Waals surface area contributed by atoms with Crippen LogP contribution in [0.1, 0.15) is 25.6 Å². The lowest BCUT2D eigenvalue weighted by Gasteiger charge is -2.19. The van der Waals surface area contributed by atoms with Gasteiger partial charge in [-0.15, -0.1) is 11.3 Å². The highest BCUT2D eigenvalue weighted by Crippen LogP contribution is 2.23. The molecule has 3 rings (SSSR count). The summed E-state index contributed by atoms with van der Waals surface area (Å²) in [5, 5.41) is 10.3. The van der Waals surface area contributed by atoms with Gasteiger partial charge >= 0.3 is 5.97 Å². The summed E-state index contributed by atoms with van der Waals surface area (Å²) >= 11 is 7.43. The van der Waals surface area contributed by atoms with Crippen molar-refractivity contribution >= 4 is 34.7 Å². The Balaban J connectivity index is 1.73. The van der Waals surface area contributed by atoms with Crippen LogP contribution in [0.4, 0.5) is 5.82 Å². The number of anilines is 1. The van der Waals surface area contributed by atoms with Gasteiger partial charge in [-0.05, 0) is 45.0 Å². The summed E-state index contributed by atoms with van der Waals surface area (Å²) < 4.78 is 7.33. The number of nitrogens with zero attached hydrogens (tertiary/aromatic N) is 2. The van der Waals surface area contributed by atoms with Crippen LogP contribution in [0.25, 0.3) is 11.3 Å². The Kier molecular flexibility index (Phi) is 5.90. The van der Waals surface area contributed by atoms with E-state index in [1.54, 1.807) is 45.2 Å². The molecule has 3 heterocycles. The number of rotatable bonds is 6. The minimum absolute atomic E-state index is 0.154. The van der Waals surface area contributed by atoms with Crippen LogP contribution in [-0.4, -0.2) is 26.3 Å². The van der Waals surface area contributed by atoms with Gasteiger partial charge in [0.15, 0.2) is 0 Å². The first-order valence-corrected chi connectivity index (χ1v) is 9.86. The van der Waals surface area contributed by atoms with E-state index in [1.165, 1.54) is 15.9 Å². The number of pyridine rings is 1. The average Bonchev–Trinajstić information content (AvgIpc) is 3.22. The molecule has 3 aromatic rings. The van der Waals surface area contributed by atoms with Crippen molar-refractivity contribution in [1.29, 1.82) is 0 Å². The molecule has 0 bridgehead atoms. The molecule has 0 aliphatic heterocycles. The molecule has 0 radical (unpaired) electrons. The molecule has 2 N–H and O–H groups in total. The van der Waals surface area contributed by atoms with Gasteiger partial charge in [0, 0.05) is 17.1 Å². The fourth-order valence-electron chi connectivity index (χ4n) is 2.55. The smallest absolute Gasteiger partial charge is 0.326 e. The van der Waals surface area contributed by atoms with E-state index >= 15 is 0 Å². The number of aromatic nitrogens is 3. The van der Waals surface area contributed by atoms with Crippen molar-refractivity contribution in [3.05, 3.63) is 56.1 Å². The van der Waals surface area contributed by atoms with Crippen molar-refractivity contribution in [3.63, 3.8) is 0 Å². The maximum Gasteiger partial charge on any atom is 0.326 e. The van der Waals surface area contributed by atoms with Gasteiger partial charge < -0.3 is 14.6 Å². The van der Waals surface area contributed by atoms with Crippen molar-refractivity contribution in [3.8, 4) is 11.3 Å². The van der Waals surface area contributed by atoms with Gasteiger partial charge in [0.25, 0.3) is 5.56 Å². The van der Waals surface area contributed by atoms with Crippen LogP contribution in [0.3, 0.4) is 0 Å². The van der Waals surface area contributed by atoms with E-state index < -0.39 is 11.6 Å². The van der Waals surface area contributed by atoms with Crippen molar-refractivity contribution < 1.29 is 9.53 Å². The number of aromatic amines is 1. The molecule has 7 nitrogen and oxygen atoms in total. The van der Waals surface area contributed by atoms with Gasteiger partial charge in [-0.2, -0.15) is 5.10 Å². The predicted octanol–water partition coefficient (Wildman–Crippen LogP) is 3.91. The zero-order valence-electron chi connectivity index (χ0n) is 15.8. The number of esters is 1. The quantitative estimate of drug-likeness (QED) is 0.590. The normalized spacial score (nSPS) is 11.4. The first-order valence-electron chi connectivity index (χ1n) is 8.66. The Bertz CT molecular complexity index is 1030. The zero-order chi connectivity index (χ0) is 20.3. The number of halogens is 1. The van der Waals surface area contributed by atoms with Crippen LogP contribution < -0.4 is 10.9 Å². The standard InChI is InChI=1S/C19H21ClN4O3S/c1-19(2,3)27-17(25)11-24-8-4-5-13(18(24)26)14-9-16(23-22-14)21-10-12-6-7-15(20)28-12/h4-9H,10-11H2,1-3H3,(H2,21,22,23). The molecule has 9 heteroatoms. The minimum atomic E-state index is -0.603. The Hall–Kier alpha value is -2.58. The van der Waals surface area contributed by atoms with Crippen molar-refractivity contribution in [1.82, 2.24) is 14.8 Å². The summed E-state index contributed by atoms with van der Waals surface area (Å²) in [5.41, 5.74) is -0.0188. The summed E-state index contributed by atoms with van der Waals surface area (Å²) in [6.45, 7) is 5.79. The number of carbonyl (C=O) groups excluding carboxylic acids is 1. The fraction of sp³-hybridized carbons (Fsp3) is 0.316. The number of ether oxygens (including phenoxy) is 1. The van der Waals surface area contributed by atoms with Crippen LogP contribution in [0.15, 0.2) is 41.3 Å². The first-order chi connectivity index (χ1) is 13.2. The van der Waals surface area contributed by atoms with E-state index in [0.29, 0.717) is 23.6 Å². The van der Waals surface area contributed by atoms with Crippen LogP contribution in [0.5, 0.6) is 0 Å². The summed E-state index contributed by atoms with van der Waals surface area (Å²) in [4.78, 5) is 25.8. The molecule has 28 heavy (non-hydrogen) atoms. The van der Waals surface area contributed by atoms with E-state index in [9.17, 15) is 9.59 Å². The van der Waals surface area contributed by atoms with Gasteiger partial charge in [0.1, 0.15) is 18.0 Å². The SMILES string of the molecule is CC(C)(C)OC(=O)Cn1cccc(-c2cc(NCc3ccc(Cl)s3)[nH]n2)c1=O. The molecule has 0 aromatic carbocycles. The second-order valence-corrected chi connectivity index (χ2v) is 8.97. The number of carbonyl (C=O) groups is 1. The second-order valence-electron chi connectivity index (χ2n) is 7.17. The van der Waals surface area contributed by atoms with Crippen LogP contribution in [-0.2, 0) is 22.6 Å². The Morgan fingerprint density at radius 3 is 2.82 bits per heavy atom. The van der Waals surface area contributed by atoms with E-state index in [0.717, 1.165) is 9.21 Å². The molecule has 0 saturated carbocycles. The summed E-state index contributed by atoms with van der Waals surface area (Å²) in [6.07, 6.45) is 1.56. The number of hydrogen-bond acceptors (Lipinski definition) is 6. The van der Waals surface area contributed by atoms with E-state index in [-0.39, 0.29) is 12.1 Å². The monoisotopic (exact) mass is 420 g/mol. The molecule has 0 aliphatic rings. The third-order valence-electron chi connectivity index (χ3n) is 3.68. The van der Waals surface area contributed by atoms with Crippen molar-refractivity contribution in [2.24, 2.45) is 0 Å². The number of hydrogen-bond donors (Lipinski definition) is 2. The van der Waals surface area contributed by atoms with Gasteiger partial charge in [-0.1, -0.05) is 11.6 Å². The molecule has 0 unspecified atom stereocenters. The largest absolute Gasteiger partial charge is 0.459 e. The van der Waals surface area contributed by atoms with Gasteiger partial charge in [-0.25, -0.2) is 0 Å². The van der Waals surface area contributed by atoms with Gasteiger partial charge in [0.2, 0.25) is 0 Å². The first kappa shape index (κ1) is 20.2. The maximum atomic E-state index is 12.7. The summed E-state index contributed by atoms with van der Waals surface area (Å²) in [6, 6.07) is 8.93. The van der Waals surface area contributed by atoms with Crippen LogP contribution in [0.2, 0.25) is 4.34 Å². The molecule has 148 valence electrons. The molecule has 3 aromatic heterocycles. The average molecular weight is 421 g/mol.